The molecule has 0 amide bonds. The SMILES string of the molecule is Cc1ccccc1N=Nc1c2nn(C(=O)c3ccc(F)cc3)c1CC(C)(C)C2. The van der Waals surface area contributed by atoms with Gasteiger partial charge in [0.2, 0.25) is 0 Å². The zero-order chi connectivity index (χ0) is 19.9. The van der Waals surface area contributed by atoms with Crippen LogP contribution in [0.15, 0.2) is 58.8 Å². The first kappa shape index (κ1) is 18.2. The second kappa shape index (κ2) is 6.78. The van der Waals surface area contributed by atoms with Gasteiger partial charge in [-0.1, -0.05) is 32.0 Å². The maximum Gasteiger partial charge on any atom is 0.278 e. The van der Waals surface area contributed by atoms with E-state index in [9.17, 15) is 9.18 Å². The van der Waals surface area contributed by atoms with Crippen LogP contribution < -0.4 is 0 Å². The highest BCUT2D eigenvalue weighted by Gasteiger charge is 2.35. The van der Waals surface area contributed by atoms with Gasteiger partial charge in [-0.2, -0.15) is 14.9 Å². The van der Waals surface area contributed by atoms with E-state index < -0.39 is 0 Å². The quantitative estimate of drug-likeness (QED) is 0.562. The summed E-state index contributed by atoms with van der Waals surface area (Å²) in [5, 5.41) is 13.4. The molecule has 0 unspecified atom stereocenters. The summed E-state index contributed by atoms with van der Waals surface area (Å²) in [4.78, 5) is 13.0. The third-order valence-electron chi connectivity index (χ3n) is 4.97. The first-order valence-electron chi connectivity index (χ1n) is 9.22. The number of carbonyl (C=O) groups excluding carboxylic acids is 1. The van der Waals surface area contributed by atoms with E-state index >= 15 is 0 Å². The second-order valence-electron chi connectivity index (χ2n) is 7.97. The van der Waals surface area contributed by atoms with Crippen molar-refractivity contribution in [2.75, 3.05) is 0 Å². The Hall–Kier alpha value is -3.15. The number of hydrogen-bond donors (Lipinski definition) is 0. The van der Waals surface area contributed by atoms with Crippen molar-refractivity contribution in [3.05, 3.63) is 76.9 Å². The zero-order valence-corrected chi connectivity index (χ0v) is 16.1. The third-order valence-corrected chi connectivity index (χ3v) is 4.97. The Morgan fingerprint density at radius 2 is 1.79 bits per heavy atom. The average Bonchev–Trinajstić information content (AvgIpc) is 2.88. The summed E-state index contributed by atoms with van der Waals surface area (Å²) in [5.74, 6) is -0.664. The minimum Gasteiger partial charge on any atom is -0.267 e. The van der Waals surface area contributed by atoms with Gasteiger partial charge in [-0.15, -0.1) is 5.11 Å². The summed E-state index contributed by atoms with van der Waals surface area (Å²) in [6, 6.07) is 13.3. The van der Waals surface area contributed by atoms with Crippen LogP contribution in [0.25, 0.3) is 0 Å². The number of halogens is 1. The number of carbonyl (C=O) groups is 1. The van der Waals surface area contributed by atoms with E-state index in [1.54, 1.807) is 0 Å². The number of aromatic nitrogens is 2. The minimum absolute atomic E-state index is 0.0202. The van der Waals surface area contributed by atoms with Crippen molar-refractivity contribution in [1.82, 2.24) is 9.78 Å². The van der Waals surface area contributed by atoms with Crippen molar-refractivity contribution in [1.29, 1.82) is 0 Å². The van der Waals surface area contributed by atoms with Crippen LogP contribution in [0.5, 0.6) is 0 Å². The normalized spacial score (nSPS) is 15.1. The lowest BCUT2D eigenvalue weighted by molar-refractivity contribution is 0.0941. The van der Waals surface area contributed by atoms with Gasteiger partial charge in [0.15, 0.2) is 0 Å². The molecule has 1 aromatic heterocycles. The van der Waals surface area contributed by atoms with Crippen molar-refractivity contribution in [3.8, 4) is 0 Å². The molecule has 0 spiro atoms. The number of azo groups is 1. The molecule has 0 N–H and O–H groups in total. The molecule has 5 nitrogen and oxygen atoms in total. The average molecular weight is 376 g/mol. The zero-order valence-electron chi connectivity index (χ0n) is 16.1. The van der Waals surface area contributed by atoms with Gasteiger partial charge in [0.05, 0.1) is 17.1 Å². The van der Waals surface area contributed by atoms with E-state index in [-0.39, 0.29) is 17.1 Å². The predicted octanol–water partition coefficient (Wildman–Crippen LogP) is 5.56. The van der Waals surface area contributed by atoms with Crippen LogP contribution in [-0.2, 0) is 12.8 Å². The fourth-order valence-corrected chi connectivity index (χ4v) is 3.52. The summed E-state index contributed by atoms with van der Waals surface area (Å²) >= 11 is 0. The number of nitrogens with zero attached hydrogens (tertiary/aromatic N) is 4. The Balaban J connectivity index is 1.76. The molecule has 0 atom stereocenters. The molecule has 142 valence electrons. The molecule has 0 saturated carbocycles. The molecule has 0 aliphatic heterocycles. The molecular weight excluding hydrogens is 355 g/mol. The van der Waals surface area contributed by atoms with Gasteiger partial charge in [0.1, 0.15) is 11.5 Å². The van der Waals surface area contributed by atoms with Crippen molar-refractivity contribution in [3.63, 3.8) is 0 Å². The topological polar surface area (TPSA) is 59.6 Å². The van der Waals surface area contributed by atoms with E-state index in [0.29, 0.717) is 24.1 Å². The summed E-state index contributed by atoms with van der Waals surface area (Å²) in [5.41, 5.74) is 4.36. The fraction of sp³-hybridized carbons (Fsp3) is 0.273. The number of benzene rings is 2. The summed E-state index contributed by atoms with van der Waals surface area (Å²) in [7, 11) is 0. The number of hydrogen-bond acceptors (Lipinski definition) is 4. The van der Waals surface area contributed by atoms with Gasteiger partial charge in [-0.25, -0.2) is 4.39 Å². The predicted molar refractivity (Wildman–Crippen MR) is 105 cm³/mol. The van der Waals surface area contributed by atoms with E-state index in [2.05, 4.69) is 29.2 Å². The maximum atomic E-state index is 13.2. The third kappa shape index (κ3) is 3.38. The molecule has 0 saturated heterocycles. The molecule has 6 heteroatoms. The van der Waals surface area contributed by atoms with Crippen LogP contribution in [0.1, 0.15) is 41.2 Å². The van der Waals surface area contributed by atoms with Gasteiger partial charge in [0.25, 0.3) is 5.91 Å². The highest BCUT2D eigenvalue weighted by atomic mass is 19.1. The van der Waals surface area contributed by atoms with E-state index in [1.165, 1.54) is 28.9 Å². The highest BCUT2D eigenvalue weighted by Crippen LogP contribution is 2.41. The van der Waals surface area contributed by atoms with Crippen LogP contribution in [0.2, 0.25) is 0 Å². The largest absolute Gasteiger partial charge is 0.278 e. The van der Waals surface area contributed by atoms with Crippen molar-refractivity contribution < 1.29 is 9.18 Å². The second-order valence-corrected chi connectivity index (χ2v) is 7.97. The summed E-state index contributed by atoms with van der Waals surface area (Å²) < 4.78 is 14.6. The van der Waals surface area contributed by atoms with Crippen molar-refractivity contribution in [2.45, 2.75) is 33.6 Å². The van der Waals surface area contributed by atoms with Gasteiger partial charge < -0.3 is 0 Å². The fourth-order valence-electron chi connectivity index (χ4n) is 3.52. The van der Waals surface area contributed by atoms with Crippen LogP contribution in [0, 0.1) is 18.2 Å². The summed E-state index contributed by atoms with van der Waals surface area (Å²) in [6.07, 6.45) is 1.38. The monoisotopic (exact) mass is 376 g/mol. The molecule has 28 heavy (non-hydrogen) atoms. The Morgan fingerprint density at radius 1 is 1.07 bits per heavy atom. The van der Waals surface area contributed by atoms with Crippen LogP contribution in [0.4, 0.5) is 15.8 Å². The molecule has 2 aromatic carbocycles. The smallest absolute Gasteiger partial charge is 0.267 e. The molecule has 0 radical (unpaired) electrons. The minimum atomic E-state index is -0.379. The van der Waals surface area contributed by atoms with Gasteiger partial charge in [0, 0.05) is 5.56 Å². The Morgan fingerprint density at radius 3 is 2.50 bits per heavy atom. The van der Waals surface area contributed by atoms with E-state index in [1.807, 2.05) is 31.2 Å². The van der Waals surface area contributed by atoms with Gasteiger partial charge in [-0.3, -0.25) is 4.79 Å². The first-order valence-corrected chi connectivity index (χ1v) is 9.22. The molecule has 1 aliphatic carbocycles. The van der Waals surface area contributed by atoms with Crippen LogP contribution in [0.3, 0.4) is 0 Å². The standard InChI is InChI=1S/C22H21FN4O/c1-14-6-4-5-7-17(14)24-25-20-18-12-22(2,3)13-19(20)27(26-18)21(28)15-8-10-16(23)11-9-15/h4-11H,12-13H2,1-3H3. The van der Waals surface area contributed by atoms with Gasteiger partial charge in [-0.05, 0) is 61.1 Å². The highest BCUT2D eigenvalue weighted by molar-refractivity contribution is 5.96. The maximum absolute atomic E-state index is 13.2. The molecule has 4 rings (SSSR count). The molecule has 0 fully saturated rings. The number of rotatable bonds is 3. The lowest BCUT2D eigenvalue weighted by Gasteiger charge is -2.26. The summed E-state index contributed by atoms with van der Waals surface area (Å²) in [6.45, 7) is 6.26. The Kier molecular flexibility index (Phi) is 4.41. The number of fused-ring (bicyclic) bond motifs is 2. The molecular formula is C22H21FN4O. The van der Waals surface area contributed by atoms with Crippen molar-refractivity contribution in [2.24, 2.45) is 15.6 Å². The van der Waals surface area contributed by atoms with Crippen LogP contribution >= 0.6 is 0 Å². The van der Waals surface area contributed by atoms with Crippen molar-refractivity contribution >= 4 is 17.3 Å². The lowest BCUT2D eigenvalue weighted by atomic mass is 9.79. The first-order chi connectivity index (χ1) is 13.3. The van der Waals surface area contributed by atoms with E-state index in [4.69, 9.17) is 0 Å². The molecule has 3 aromatic rings. The van der Waals surface area contributed by atoms with Gasteiger partial charge >= 0.3 is 0 Å². The van der Waals surface area contributed by atoms with E-state index in [0.717, 1.165) is 22.6 Å². The molecule has 1 heterocycles. The van der Waals surface area contributed by atoms with Crippen LogP contribution in [-0.4, -0.2) is 15.7 Å². The molecule has 1 aliphatic rings. The molecule has 2 bridgehead atoms. The number of aryl methyl sites for hydroxylation is 1. The Labute approximate surface area is 162 Å². The Bertz CT molecular complexity index is 1080. The lowest BCUT2D eigenvalue weighted by Crippen LogP contribution is -2.23.